The molecule has 0 unspecified atom stereocenters. The Hall–Kier alpha value is -1.46. The summed E-state index contributed by atoms with van der Waals surface area (Å²) in [5.74, 6) is -1.57. The third kappa shape index (κ3) is 2.07. The van der Waals surface area contributed by atoms with Crippen molar-refractivity contribution in [1.82, 2.24) is 0 Å². The molecule has 0 fully saturated rings. The second kappa shape index (κ2) is 3.36. The van der Waals surface area contributed by atoms with Gasteiger partial charge in [-0.25, -0.2) is 4.79 Å². The van der Waals surface area contributed by atoms with Gasteiger partial charge in [-0.3, -0.25) is 0 Å². The van der Waals surface area contributed by atoms with E-state index in [1.54, 1.807) is 0 Å². The second-order valence-corrected chi connectivity index (χ2v) is 2.85. The predicted octanol–water partition coefficient (Wildman–Crippen LogP) is 0.662. The molecule has 0 saturated carbocycles. The number of carbonyl (C=O) groups is 1. The maximum Gasteiger partial charge on any atom is 0.417 e. The molecule has 0 spiro atoms. The first kappa shape index (κ1) is 10.6. The van der Waals surface area contributed by atoms with Gasteiger partial charge in [0.25, 0.3) is 0 Å². The van der Waals surface area contributed by atoms with Crippen LogP contribution in [0.3, 0.4) is 0 Å². The summed E-state index contributed by atoms with van der Waals surface area (Å²) in [6.45, 7) is 0. The molecule has 0 radical (unpaired) electrons. The quantitative estimate of drug-likeness (QED) is 0.679. The normalized spacial score (nSPS) is 11.4. The average Bonchev–Trinajstić information content (AvgIpc) is 2.01. The molecule has 1 rings (SSSR count). The van der Waals surface area contributed by atoms with Crippen molar-refractivity contribution in [3.8, 4) is 0 Å². The van der Waals surface area contributed by atoms with Crippen LogP contribution in [-0.4, -0.2) is 18.9 Å². The summed E-state index contributed by atoms with van der Waals surface area (Å²) >= 11 is 0. The molecule has 0 aliphatic heterocycles. The van der Waals surface area contributed by atoms with Gasteiger partial charge in [0.05, 0.1) is 11.1 Å². The number of halogens is 3. The summed E-state index contributed by atoms with van der Waals surface area (Å²) in [7, 11) is 1.47. The van der Waals surface area contributed by atoms with Crippen molar-refractivity contribution < 1.29 is 23.1 Å². The van der Waals surface area contributed by atoms with E-state index in [-0.39, 0.29) is 0 Å². The Labute approximate surface area is 78.8 Å². The fourth-order valence-corrected chi connectivity index (χ4v) is 1.08. The molecule has 0 aliphatic rings. The lowest BCUT2D eigenvalue weighted by Crippen LogP contribution is -2.17. The van der Waals surface area contributed by atoms with Crippen LogP contribution in [0.2, 0.25) is 0 Å². The Balaban J connectivity index is 3.38. The number of hydrogen-bond acceptors (Lipinski definition) is 1. The number of benzene rings is 1. The van der Waals surface area contributed by atoms with Gasteiger partial charge in [0.1, 0.15) is 7.85 Å². The summed E-state index contributed by atoms with van der Waals surface area (Å²) in [5, 5.41) is 8.52. The summed E-state index contributed by atoms with van der Waals surface area (Å²) in [6.07, 6.45) is -4.63. The molecule has 1 N–H and O–H groups in total. The lowest BCUT2D eigenvalue weighted by Gasteiger charge is -2.10. The highest BCUT2D eigenvalue weighted by Gasteiger charge is 2.35. The third-order valence-corrected chi connectivity index (χ3v) is 1.71. The van der Waals surface area contributed by atoms with Gasteiger partial charge in [-0.05, 0) is 6.07 Å². The van der Waals surface area contributed by atoms with E-state index in [1.807, 2.05) is 0 Å². The molecule has 1 aromatic rings. The van der Waals surface area contributed by atoms with E-state index in [0.717, 1.165) is 12.1 Å². The number of aromatic carboxylic acids is 1. The van der Waals surface area contributed by atoms with Crippen LogP contribution in [0.1, 0.15) is 15.9 Å². The van der Waals surface area contributed by atoms with Gasteiger partial charge in [-0.15, -0.1) is 0 Å². The smallest absolute Gasteiger partial charge is 0.417 e. The van der Waals surface area contributed by atoms with Crippen molar-refractivity contribution in [3.05, 3.63) is 29.3 Å². The molecule has 0 saturated heterocycles. The zero-order valence-electron chi connectivity index (χ0n) is 7.22. The van der Waals surface area contributed by atoms with Crippen LogP contribution in [0.15, 0.2) is 18.2 Å². The molecule has 6 heteroatoms. The second-order valence-electron chi connectivity index (χ2n) is 2.85. The van der Waals surface area contributed by atoms with E-state index >= 15 is 0 Å². The summed E-state index contributed by atoms with van der Waals surface area (Å²) in [5.41, 5.74) is -1.45. The van der Waals surface area contributed by atoms with E-state index in [0.29, 0.717) is 5.46 Å². The summed E-state index contributed by atoms with van der Waals surface area (Å²) in [4.78, 5) is 10.5. The molecule has 0 bridgehead atoms. The molecule has 0 amide bonds. The monoisotopic (exact) mass is 202 g/mol. The van der Waals surface area contributed by atoms with Crippen LogP contribution in [0.25, 0.3) is 0 Å². The maximum atomic E-state index is 12.3. The van der Waals surface area contributed by atoms with Crippen LogP contribution >= 0.6 is 0 Å². The zero-order chi connectivity index (χ0) is 10.9. The molecule has 2 nitrogen and oxygen atoms in total. The average molecular weight is 202 g/mol. The molecule has 14 heavy (non-hydrogen) atoms. The van der Waals surface area contributed by atoms with Crippen molar-refractivity contribution in [3.63, 3.8) is 0 Å². The van der Waals surface area contributed by atoms with Crippen LogP contribution in [0, 0.1) is 0 Å². The highest BCUT2D eigenvalue weighted by atomic mass is 19.4. The van der Waals surface area contributed by atoms with Crippen LogP contribution in [0.4, 0.5) is 13.2 Å². The largest absolute Gasteiger partial charge is 0.478 e. The third-order valence-electron chi connectivity index (χ3n) is 1.71. The zero-order valence-corrected chi connectivity index (χ0v) is 7.22. The highest BCUT2D eigenvalue weighted by Crippen LogP contribution is 2.31. The maximum absolute atomic E-state index is 12.3. The van der Waals surface area contributed by atoms with Crippen molar-refractivity contribution in [2.24, 2.45) is 0 Å². The van der Waals surface area contributed by atoms with Crippen molar-refractivity contribution in [1.29, 1.82) is 0 Å². The fourth-order valence-electron chi connectivity index (χ4n) is 1.08. The van der Waals surface area contributed by atoms with Gasteiger partial charge in [0.15, 0.2) is 0 Å². The van der Waals surface area contributed by atoms with Gasteiger partial charge < -0.3 is 5.11 Å². The van der Waals surface area contributed by atoms with Crippen molar-refractivity contribution in [2.45, 2.75) is 6.18 Å². The topological polar surface area (TPSA) is 37.3 Å². The molecular weight excluding hydrogens is 196 g/mol. The first-order valence-electron chi connectivity index (χ1n) is 3.73. The van der Waals surface area contributed by atoms with Crippen molar-refractivity contribution in [2.75, 3.05) is 0 Å². The predicted molar refractivity (Wildman–Crippen MR) is 46.6 cm³/mol. The van der Waals surface area contributed by atoms with Crippen LogP contribution in [-0.2, 0) is 6.18 Å². The van der Waals surface area contributed by atoms with Gasteiger partial charge in [0.2, 0.25) is 0 Å². The molecule has 74 valence electrons. The van der Waals surface area contributed by atoms with E-state index in [4.69, 9.17) is 5.11 Å². The fraction of sp³-hybridized carbons (Fsp3) is 0.125. The van der Waals surface area contributed by atoms with Crippen molar-refractivity contribution >= 4 is 19.3 Å². The minimum atomic E-state index is -4.63. The number of rotatable bonds is 1. The Kier molecular flexibility index (Phi) is 2.55. The Morgan fingerprint density at radius 2 is 1.93 bits per heavy atom. The number of carboxylic acids is 1. The van der Waals surface area contributed by atoms with Gasteiger partial charge in [-0.1, -0.05) is 17.6 Å². The van der Waals surface area contributed by atoms with E-state index in [9.17, 15) is 18.0 Å². The highest BCUT2D eigenvalue weighted by molar-refractivity contribution is 6.32. The Morgan fingerprint density at radius 1 is 1.36 bits per heavy atom. The van der Waals surface area contributed by atoms with E-state index < -0.39 is 23.3 Å². The van der Waals surface area contributed by atoms with E-state index in [2.05, 4.69) is 0 Å². The molecule has 0 aromatic heterocycles. The summed E-state index contributed by atoms with van der Waals surface area (Å²) < 4.78 is 37.0. The van der Waals surface area contributed by atoms with Crippen LogP contribution in [0.5, 0.6) is 0 Å². The number of carboxylic acid groups (broad SMARTS) is 1. The lowest BCUT2D eigenvalue weighted by atomic mass is 9.92. The molecular formula is C8H6BF3O2. The van der Waals surface area contributed by atoms with Gasteiger partial charge >= 0.3 is 12.1 Å². The van der Waals surface area contributed by atoms with E-state index in [1.165, 1.54) is 13.9 Å². The SMILES string of the molecule is Bc1ccc(C(=O)O)c(C(F)(F)F)c1. The first-order chi connectivity index (χ1) is 6.32. The minimum absolute atomic E-state index is 0.377. The van der Waals surface area contributed by atoms with Crippen LogP contribution < -0.4 is 5.46 Å². The Morgan fingerprint density at radius 3 is 2.36 bits per heavy atom. The Bertz CT molecular complexity index is 373. The molecule has 1 aromatic carbocycles. The number of hydrogen-bond donors (Lipinski definition) is 1. The van der Waals surface area contributed by atoms with Gasteiger partial charge in [0, 0.05) is 0 Å². The van der Waals surface area contributed by atoms with Gasteiger partial charge in [-0.2, -0.15) is 13.2 Å². The molecule has 0 heterocycles. The number of alkyl halides is 3. The minimum Gasteiger partial charge on any atom is -0.478 e. The molecule has 0 aliphatic carbocycles. The summed E-state index contributed by atoms with van der Waals surface area (Å²) in [6, 6.07) is 3.11. The standard InChI is InChI=1S/C8H6BF3O2/c9-4-1-2-5(7(13)14)6(3-4)8(10,11)12/h1-3H,9H2,(H,13,14). The molecule has 0 atom stereocenters. The first-order valence-corrected chi connectivity index (χ1v) is 3.73. The lowest BCUT2D eigenvalue weighted by molar-refractivity contribution is -0.138.